The molecule has 0 saturated carbocycles. The highest BCUT2D eigenvalue weighted by atomic mass is 35.5. The van der Waals surface area contributed by atoms with Crippen molar-refractivity contribution in [3.63, 3.8) is 0 Å². The van der Waals surface area contributed by atoms with Gasteiger partial charge >= 0.3 is 0 Å². The SMILES string of the molecule is CCS(=O)(=O)CCCC(=O)c1ccc(Cl)cc1N. The van der Waals surface area contributed by atoms with Crippen LogP contribution >= 0.6 is 11.6 Å². The van der Waals surface area contributed by atoms with Crippen LogP contribution in [0.1, 0.15) is 30.1 Å². The Balaban J connectivity index is 2.61. The third-order valence-electron chi connectivity index (χ3n) is 2.61. The zero-order valence-corrected chi connectivity index (χ0v) is 11.7. The number of hydrogen-bond donors (Lipinski definition) is 1. The summed E-state index contributed by atoms with van der Waals surface area (Å²) >= 11 is 5.73. The lowest BCUT2D eigenvalue weighted by molar-refractivity contribution is 0.0983. The van der Waals surface area contributed by atoms with Crippen LogP contribution in [0.15, 0.2) is 18.2 Å². The zero-order valence-electron chi connectivity index (χ0n) is 10.1. The molecule has 0 aliphatic heterocycles. The van der Waals surface area contributed by atoms with Gasteiger partial charge < -0.3 is 5.73 Å². The fraction of sp³-hybridized carbons (Fsp3) is 0.417. The van der Waals surface area contributed by atoms with Gasteiger partial charge in [-0.15, -0.1) is 0 Å². The van der Waals surface area contributed by atoms with Crippen molar-refractivity contribution in [3.05, 3.63) is 28.8 Å². The molecule has 6 heteroatoms. The molecule has 18 heavy (non-hydrogen) atoms. The van der Waals surface area contributed by atoms with Crippen LogP contribution in [-0.4, -0.2) is 25.7 Å². The number of benzene rings is 1. The second-order valence-electron chi connectivity index (χ2n) is 3.99. The third kappa shape index (κ3) is 4.31. The fourth-order valence-corrected chi connectivity index (χ4v) is 2.57. The summed E-state index contributed by atoms with van der Waals surface area (Å²) in [5, 5.41) is 0.470. The highest BCUT2D eigenvalue weighted by Crippen LogP contribution is 2.19. The maximum absolute atomic E-state index is 11.8. The van der Waals surface area contributed by atoms with E-state index in [2.05, 4.69) is 0 Å². The highest BCUT2D eigenvalue weighted by molar-refractivity contribution is 7.91. The molecule has 0 unspecified atom stereocenters. The Kier molecular flexibility index (Phi) is 5.16. The van der Waals surface area contributed by atoms with Crippen LogP contribution in [0.5, 0.6) is 0 Å². The van der Waals surface area contributed by atoms with Crippen molar-refractivity contribution in [2.75, 3.05) is 17.2 Å². The summed E-state index contributed by atoms with van der Waals surface area (Å²) in [6.07, 6.45) is 0.488. The van der Waals surface area contributed by atoms with E-state index < -0.39 is 9.84 Å². The molecular formula is C12H16ClNO3S. The molecule has 0 radical (unpaired) electrons. The summed E-state index contributed by atoms with van der Waals surface area (Å²) in [6.45, 7) is 1.59. The van der Waals surface area contributed by atoms with Crippen LogP contribution in [0.25, 0.3) is 0 Å². The lowest BCUT2D eigenvalue weighted by Gasteiger charge is -2.05. The van der Waals surface area contributed by atoms with E-state index in [0.717, 1.165) is 0 Å². The molecule has 0 atom stereocenters. The van der Waals surface area contributed by atoms with E-state index in [1.807, 2.05) is 0 Å². The summed E-state index contributed by atoms with van der Waals surface area (Å²) in [7, 11) is -3.02. The van der Waals surface area contributed by atoms with Crippen LogP contribution in [0, 0.1) is 0 Å². The molecule has 0 heterocycles. The highest BCUT2D eigenvalue weighted by Gasteiger charge is 2.12. The molecule has 0 saturated heterocycles. The maximum Gasteiger partial charge on any atom is 0.164 e. The van der Waals surface area contributed by atoms with Gasteiger partial charge in [-0.25, -0.2) is 8.42 Å². The molecule has 0 fully saturated rings. The van der Waals surface area contributed by atoms with Crippen molar-refractivity contribution in [2.24, 2.45) is 0 Å². The van der Waals surface area contributed by atoms with Crippen molar-refractivity contribution >= 4 is 32.9 Å². The second-order valence-corrected chi connectivity index (χ2v) is 6.90. The summed E-state index contributed by atoms with van der Waals surface area (Å²) in [5.74, 6) is -0.0250. The predicted molar refractivity (Wildman–Crippen MR) is 73.8 cm³/mol. The van der Waals surface area contributed by atoms with Crippen LogP contribution < -0.4 is 5.73 Å². The first kappa shape index (κ1) is 15.0. The predicted octanol–water partition coefficient (Wildman–Crippen LogP) is 2.32. The summed E-state index contributed by atoms with van der Waals surface area (Å²) < 4.78 is 22.6. The first-order valence-corrected chi connectivity index (χ1v) is 7.84. The molecule has 2 N–H and O–H groups in total. The molecule has 0 aliphatic carbocycles. The molecule has 0 aliphatic rings. The number of halogens is 1. The van der Waals surface area contributed by atoms with Gasteiger partial charge in [-0.05, 0) is 24.6 Å². The van der Waals surface area contributed by atoms with Crippen molar-refractivity contribution < 1.29 is 13.2 Å². The third-order valence-corrected chi connectivity index (χ3v) is 4.64. The number of carbonyl (C=O) groups is 1. The maximum atomic E-state index is 11.8. The average Bonchev–Trinajstić information content (AvgIpc) is 2.28. The first-order valence-electron chi connectivity index (χ1n) is 5.64. The Morgan fingerprint density at radius 3 is 2.61 bits per heavy atom. The molecule has 1 aromatic carbocycles. The molecule has 0 bridgehead atoms. The monoisotopic (exact) mass is 289 g/mol. The van der Waals surface area contributed by atoms with E-state index in [9.17, 15) is 13.2 Å². The van der Waals surface area contributed by atoms with E-state index in [0.29, 0.717) is 22.7 Å². The van der Waals surface area contributed by atoms with E-state index in [1.165, 1.54) is 6.07 Å². The Bertz CT molecular complexity index is 540. The number of nitrogen functional groups attached to an aromatic ring is 1. The van der Waals surface area contributed by atoms with Gasteiger partial charge in [-0.3, -0.25) is 4.79 Å². The molecular weight excluding hydrogens is 274 g/mol. The molecule has 0 spiro atoms. The number of hydrogen-bond acceptors (Lipinski definition) is 4. The van der Waals surface area contributed by atoms with Gasteiger partial charge in [0.25, 0.3) is 0 Å². The second kappa shape index (κ2) is 6.20. The number of sulfone groups is 1. The van der Waals surface area contributed by atoms with Gasteiger partial charge in [-0.2, -0.15) is 0 Å². The molecule has 1 aromatic rings. The Hall–Kier alpha value is -1.07. The standard InChI is InChI=1S/C12H16ClNO3S/c1-2-18(16,17)7-3-4-12(15)10-6-5-9(13)8-11(10)14/h5-6,8H,2-4,7,14H2,1H3. The van der Waals surface area contributed by atoms with Gasteiger partial charge in [-0.1, -0.05) is 18.5 Å². The Labute approximate surface area is 112 Å². The normalized spacial score (nSPS) is 11.4. The molecule has 4 nitrogen and oxygen atoms in total. The van der Waals surface area contributed by atoms with Gasteiger partial charge in [0.15, 0.2) is 5.78 Å². The number of Topliss-reactive ketones (excluding diaryl/α,β-unsaturated/α-hetero) is 1. The average molecular weight is 290 g/mol. The topological polar surface area (TPSA) is 77.2 Å². The minimum atomic E-state index is -3.02. The van der Waals surface area contributed by atoms with Crippen molar-refractivity contribution in [1.29, 1.82) is 0 Å². The quantitative estimate of drug-likeness (QED) is 0.644. The van der Waals surface area contributed by atoms with Gasteiger partial charge in [0.1, 0.15) is 9.84 Å². The van der Waals surface area contributed by atoms with Crippen LogP contribution in [0.2, 0.25) is 5.02 Å². The molecule has 100 valence electrons. The first-order chi connectivity index (χ1) is 8.35. The Morgan fingerprint density at radius 2 is 2.06 bits per heavy atom. The van der Waals surface area contributed by atoms with Crippen LogP contribution in [0.3, 0.4) is 0 Å². The number of carbonyl (C=O) groups excluding carboxylic acids is 1. The van der Waals surface area contributed by atoms with Gasteiger partial charge in [0.05, 0.1) is 5.75 Å². The van der Waals surface area contributed by atoms with Crippen molar-refractivity contribution in [3.8, 4) is 0 Å². The molecule has 1 rings (SSSR count). The number of rotatable bonds is 6. The number of anilines is 1. The van der Waals surface area contributed by atoms with Crippen LogP contribution in [-0.2, 0) is 9.84 Å². The Morgan fingerprint density at radius 1 is 1.39 bits per heavy atom. The lowest BCUT2D eigenvalue weighted by Crippen LogP contribution is -2.11. The fourth-order valence-electron chi connectivity index (χ4n) is 1.52. The minimum Gasteiger partial charge on any atom is -0.398 e. The van der Waals surface area contributed by atoms with E-state index in [4.69, 9.17) is 17.3 Å². The summed E-state index contributed by atoms with van der Waals surface area (Å²) in [5.41, 5.74) is 6.40. The van der Waals surface area contributed by atoms with Gasteiger partial charge in [0.2, 0.25) is 0 Å². The largest absolute Gasteiger partial charge is 0.398 e. The van der Waals surface area contributed by atoms with E-state index in [1.54, 1.807) is 19.1 Å². The smallest absolute Gasteiger partial charge is 0.164 e. The zero-order chi connectivity index (χ0) is 13.8. The van der Waals surface area contributed by atoms with Gasteiger partial charge in [0, 0.05) is 28.4 Å². The van der Waals surface area contributed by atoms with E-state index in [-0.39, 0.29) is 23.7 Å². The van der Waals surface area contributed by atoms with Crippen molar-refractivity contribution in [2.45, 2.75) is 19.8 Å². The van der Waals surface area contributed by atoms with Crippen LogP contribution in [0.4, 0.5) is 5.69 Å². The minimum absolute atomic E-state index is 0.0305. The lowest BCUT2D eigenvalue weighted by atomic mass is 10.1. The summed E-state index contributed by atoms with van der Waals surface area (Å²) in [4.78, 5) is 11.8. The summed E-state index contributed by atoms with van der Waals surface area (Å²) in [6, 6.07) is 4.67. The molecule has 0 amide bonds. The molecule has 0 aromatic heterocycles. The van der Waals surface area contributed by atoms with E-state index >= 15 is 0 Å². The van der Waals surface area contributed by atoms with Crippen molar-refractivity contribution in [1.82, 2.24) is 0 Å². The number of nitrogens with two attached hydrogens (primary N) is 1. The number of ketones is 1.